The number of unbranched alkanes of at least 4 members (excludes halogenated alkanes) is 2. The number of benzene rings is 1. The fraction of sp³-hybridized carbons (Fsp3) is 0.520. The summed E-state index contributed by atoms with van der Waals surface area (Å²) in [5, 5.41) is 13.4. The average molecular weight is 428 g/mol. The highest BCUT2D eigenvalue weighted by molar-refractivity contribution is 6.04. The van der Waals surface area contributed by atoms with Crippen LogP contribution in [0.5, 0.6) is 11.5 Å². The molecule has 0 saturated carbocycles. The molecule has 6 heteroatoms. The van der Waals surface area contributed by atoms with Crippen LogP contribution in [0.2, 0.25) is 0 Å². The van der Waals surface area contributed by atoms with E-state index < -0.39 is 11.9 Å². The Balaban J connectivity index is 2.07. The van der Waals surface area contributed by atoms with Crippen LogP contribution < -0.4 is 10.1 Å². The topological polar surface area (TPSA) is 84.9 Å². The molecule has 31 heavy (non-hydrogen) atoms. The molecule has 1 aliphatic heterocycles. The van der Waals surface area contributed by atoms with Gasteiger partial charge in [-0.05, 0) is 42.9 Å². The Bertz CT molecular complexity index is 941. The molecular weight excluding hydrogens is 394 g/mol. The van der Waals surface area contributed by atoms with Gasteiger partial charge in [0.15, 0.2) is 17.3 Å². The van der Waals surface area contributed by atoms with Crippen LogP contribution in [0.25, 0.3) is 0 Å². The number of carbonyl (C=O) groups excluding carboxylic acids is 2. The van der Waals surface area contributed by atoms with Gasteiger partial charge in [0.25, 0.3) is 0 Å². The van der Waals surface area contributed by atoms with Crippen molar-refractivity contribution in [3.8, 4) is 11.5 Å². The zero-order valence-electron chi connectivity index (χ0n) is 19.1. The molecule has 0 bridgehead atoms. The third-order valence-corrected chi connectivity index (χ3v) is 5.98. The van der Waals surface area contributed by atoms with Gasteiger partial charge in [-0.15, -0.1) is 0 Å². The van der Waals surface area contributed by atoms with Gasteiger partial charge in [0.05, 0.1) is 19.3 Å². The summed E-state index contributed by atoms with van der Waals surface area (Å²) in [4.78, 5) is 26.4. The number of Topliss-reactive ketones (excluding diaryl/α,β-unsaturated/α-hetero) is 1. The molecule has 1 atom stereocenters. The minimum atomic E-state index is -0.562. The number of carbonyl (C=O) groups is 2. The van der Waals surface area contributed by atoms with Crippen molar-refractivity contribution in [1.82, 2.24) is 5.32 Å². The molecule has 1 aromatic carbocycles. The first-order valence-corrected chi connectivity index (χ1v) is 11.0. The molecule has 0 spiro atoms. The Labute approximate surface area is 184 Å². The lowest BCUT2D eigenvalue weighted by atomic mass is 9.68. The molecule has 0 radical (unpaired) electrons. The van der Waals surface area contributed by atoms with Crippen molar-refractivity contribution in [3.63, 3.8) is 0 Å². The molecule has 3 rings (SSSR count). The highest BCUT2D eigenvalue weighted by Crippen LogP contribution is 2.47. The van der Waals surface area contributed by atoms with Crippen LogP contribution in [0, 0.1) is 5.41 Å². The van der Waals surface area contributed by atoms with E-state index in [9.17, 15) is 14.7 Å². The average Bonchev–Trinajstić information content (AvgIpc) is 2.69. The van der Waals surface area contributed by atoms with E-state index in [1.54, 1.807) is 12.1 Å². The van der Waals surface area contributed by atoms with Crippen LogP contribution in [0.4, 0.5) is 0 Å². The number of rotatable bonds is 7. The molecule has 0 amide bonds. The number of allylic oxidation sites excluding steroid dienone is 3. The summed E-state index contributed by atoms with van der Waals surface area (Å²) in [7, 11) is 1.48. The largest absolute Gasteiger partial charge is 0.504 e. The molecule has 2 N–H and O–H groups in total. The van der Waals surface area contributed by atoms with Gasteiger partial charge in [0.1, 0.15) is 0 Å². The Kier molecular flexibility index (Phi) is 6.77. The zero-order chi connectivity index (χ0) is 22.8. The number of esters is 1. The summed E-state index contributed by atoms with van der Waals surface area (Å²) in [5.74, 6) is -0.639. The number of ether oxygens (including phenoxy) is 2. The highest BCUT2D eigenvalue weighted by atomic mass is 16.5. The minimum Gasteiger partial charge on any atom is -0.504 e. The number of ketones is 1. The maximum absolute atomic E-state index is 13.3. The monoisotopic (exact) mass is 427 g/mol. The molecule has 2 aliphatic rings. The SMILES string of the molecule is CCCCCOC(=O)C1=C(C)NC2=C(C(=O)CC(C)(C)C2)[C@H]1c1ccc(O)c(OC)c1. The number of hydrogen-bond acceptors (Lipinski definition) is 6. The lowest BCUT2D eigenvalue weighted by Crippen LogP contribution is -2.38. The van der Waals surface area contributed by atoms with Crippen LogP contribution in [-0.2, 0) is 14.3 Å². The normalized spacial score (nSPS) is 20.3. The molecule has 0 fully saturated rings. The summed E-state index contributed by atoms with van der Waals surface area (Å²) in [6, 6.07) is 4.97. The van der Waals surface area contributed by atoms with Crippen molar-refractivity contribution >= 4 is 11.8 Å². The van der Waals surface area contributed by atoms with E-state index in [0.717, 1.165) is 36.9 Å². The predicted molar refractivity (Wildman–Crippen MR) is 119 cm³/mol. The van der Waals surface area contributed by atoms with Gasteiger partial charge in [-0.25, -0.2) is 4.79 Å². The van der Waals surface area contributed by atoms with E-state index in [1.807, 2.05) is 6.92 Å². The van der Waals surface area contributed by atoms with Crippen molar-refractivity contribution in [1.29, 1.82) is 0 Å². The van der Waals surface area contributed by atoms with Crippen molar-refractivity contribution < 1.29 is 24.2 Å². The Hall–Kier alpha value is -2.76. The van der Waals surface area contributed by atoms with Crippen LogP contribution >= 0.6 is 0 Å². The quantitative estimate of drug-likeness (QED) is 0.483. The van der Waals surface area contributed by atoms with E-state index in [4.69, 9.17) is 9.47 Å². The number of aromatic hydroxyl groups is 1. The van der Waals surface area contributed by atoms with Crippen molar-refractivity contribution in [2.75, 3.05) is 13.7 Å². The molecule has 1 heterocycles. The smallest absolute Gasteiger partial charge is 0.336 e. The van der Waals surface area contributed by atoms with Crippen LogP contribution in [0.15, 0.2) is 40.7 Å². The van der Waals surface area contributed by atoms with Gasteiger partial charge in [-0.3, -0.25) is 4.79 Å². The van der Waals surface area contributed by atoms with Crippen LogP contribution in [-0.4, -0.2) is 30.6 Å². The summed E-state index contributed by atoms with van der Waals surface area (Å²) in [6.45, 7) is 8.44. The number of hydrogen-bond donors (Lipinski definition) is 2. The van der Waals surface area contributed by atoms with Gasteiger partial charge >= 0.3 is 5.97 Å². The molecule has 6 nitrogen and oxygen atoms in total. The molecule has 168 valence electrons. The van der Waals surface area contributed by atoms with Crippen molar-refractivity contribution in [2.24, 2.45) is 5.41 Å². The summed E-state index contributed by atoms with van der Waals surface area (Å²) in [6.07, 6.45) is 3.97. The van der Waals surface area contributed by atoms with E-state index in [2.05, 4.69) is 26.1 Å². The third-order valence-electron chi connectivity index (χ3n) is 5.98. The molecule has 0 aromatic heterocycles. The number of phenols is 1. The summed E-state index contributed by atoms with van der Waals surface area (Å²) in [5.41, 5.74) is 3.17. The molecular formula is C25H33NO5. The Morgan fingerprint density at radius 3 is 2.68 bits per heavy atom. The van der Waals surface area contributed by atoms with Crippen LogP contribution in [0.3, 0.4) is 0 Å². The second kappa shape index (κ2) is 9.16. The second-order valence-electron chi connectivity index (χ2n) is 9.20. The summed E-state index contributed by atoms with van der Waals surface area (Å²) >= 11 is 0. The predicted octanol–water partition coefficient (Wildman–Crippen LogP) is 4.74. The highest BCUT2D eigenvalue weighted by Gasteiger charge is 2.43. The van der Waals surface area contributed by atoms with Crippen molar-refractivity contribution in [2.45, 2.75) is 65.7 Å². The van der Waals surface area contributed by atoms with E-state index in [-0.39, 0.29) is 16.9 Å². The minimum absolute atomic E-state index is 0.00915. The zero-order valence-corrected chi connectivity index (χ0v) is 19.1. The van der Waals surface area contributed by atoms with E-state index >= 15 is 0 Å². The number of methoxy groups -OCH3 is 1. The molecule has 1 aliphatic carbocycles. The number of nitrogens with one attached hydrogen (secondary N) is 1. The van der Waals surface area contributed by atoms with Crippen LogP contribution in [0.1, 0.15) is 71.3 Å². The summed E-state index contributed by atoms with van der Waals surface area (Å²) < 4.78 is 10.9. The Morgan fingerprint density at radius 1 is 1.26 bits per heavy atom. The maximum Gasteiger partial charge on any atom is 0.336 e. The lowest BCUT2D eigenvalue weighted by molar-refractivity contribution is -0.139. The molecule has 0 saturated heterocycles. The van der Waals surface area contributed by atoms with Crippen molar-refractivity contribution in [3.05, 3.63) is 46.3 Å². The van der Waals surface area contributed by atoms with Gasteiger partial charge in [-0.2, -0.15) is 0 Å². The van der Waals surface area contributed by atoms with Gasteiger partial charge in [0, 0.05) is 29.3 Å². The fourth-order valence-corrected chi connectivity index (χ4v) is 4.51. The number of dihydropyridines is 1. The third kappa shape index (κ3) is 4.78. The van der Waals surface area contributed by atoms with E-state index in [1.165, 1.54) is 13.2 Å². The first-order valence-electron chi connectivity index (χ1n) is 11.0. The van der Waals surface area contributed by atoms with Gasteiger partial charge in [0.2, 0.25) is 0 Å². The molecule has 0 unspecified atom stereocenters. The lowest BCUT2D eigenvalue weighted by Gasteiger charge is -2.39. The fourth-order valence-electron chi connectivity index (χ4n) is 4.51. The standard InChI is InChI=1S/C25H33NO5/c1-6-7-8-11-31-24(29)21-15(2)26-17-13-25(3,4)14-19(28)23(17)22(21)16-9-10-18(27)20(12-16)30-5/h9-10,12,22,26-27H,6-8,11,13-14H2,1-5H3/t22-/m0/s1. The first-order chi connectivity index (χ1) is 14.7. The maximum atomic E-state index is 13.3. The van der Waals surface area contributed by atoms with Gasteiger partial charge < -0.3 is 19.9 Å². The Morgan fingerprint density at radius 2 is 2.00 bits per heavy atom. The van der Waals surface area contributed by atoms with Gasteiger partial charge in [-0.1, -0.05) is 39.7 Å². The second-order valence-corrected chi connectivity index (χ2v) is 9.20. The number of phenolic OH excluding ortho intramolecular Hbond substituents is 1. The first kappa shape index (κ1) is 22.9. The molecule has 1 aromatic rings. The van der Waals surface area contributed by atoms with E-state index in [0.29, 0.717) is 35.6 Å².